The van der Waals surface area contributed by atoms with Gasteiger partial charge in [-0.3, -0.25) is 4.79 Å². The fourth-order valence-corrected chi connectivity index (χ4v) is 3.46. The van der Waals surface area contributed by atoms with Crippen molar-refractivity contribution in [3.63, 3.8) is 0 Å². The summed E-state index contributed by atoms with van der Waals surface area (Å²) < 4.78 is 7.42. The number of anilines is 1. The zero-order valence-corrected chi connectivity index (χ0v) is 17.0. The number of hydrogen-bond acceptors (Lipinski definition) is 6. The lowest BCUT2D eigenvalue weighted by molar-refractivity contribution is 0.0529. The van der Waals surface area contributed by atoms with Crippen LogP contribution in [0.15, 0.2) is 36.8 Å². The molecule has 1 fully saturated rings. The third-order valence-electron chi connectivity index (χ3n) is 5.01. The van der Waals surface area contributed by atoms with E-state index in [1.54, 1.807) is 12.4 Å². The number of carbonyl (C=O) groups excluding carboxylic acids is 1. The van der Waals surface area contributed by atoms with Gasteiger partial charge in [-0.05, 0) is 38.5 Å². The average molecular weight is 394 g/mol. The van der Waals surface area contributed by atoms with Gasteiger partial charge < -0.3 is 15.0 Å². The van der Waals surface area contributed by atoms with E-state index in [1.165, 1.54) is 0 Å². The Balaban J connectivity index is 1.38. The first-order valence-corrected chi connectivity index (χ1v) is 9.94. The topological polar surface area (TPSA) is 85.2 Å². The number of morpholine rings is 1. The summed E-state index contributed by atoms with van der Waals surface area (Å²) in [5.74, 6) is 0.773. The van der Waals surface area contributed by atoms with Gasteiger partial charge in [-0.25, -0.2) is 14.6 Å². The molecule has 4 heterocycles. The second kappa shape index (κ2) is 8.16. The molecule has 1 aliphatic rings. The van der Waals surface area contributed by atoms with Crippen molar-refractivity contribution in [3.05, 3.63) is 47.9 Å². The third kappa shape index (κ3) is 4.22. The van der Waals surface area contributed by atoms with E-state index in [9.17, 15) is 4.79 Å². The highest BCUT2D eigenvalue weighted by Crippen LogP contribution is 2.17. The molecule has 29 heavy (non-hydrogen) atoms. The van der Waals surface area contributed by atoms with Crippen molar-refractivity contribution in [3.8, 4) is 0 Å². The minimum Gasteiger partial charge on any atom is -0.375 e. The molecule has 1 saturated heterocycles. The zero-order chi connectivity index (χ0) is 20.4. The lowest BCUT2D eigenvalue weighted by Gasteiger charge is -2.32. The molecule has 1 atom stereocenters. The highest BCUT2D eigenvalue weighted by Gasteiger charge is 2.18. The molecule has 1 aliphatic heterocycles. The van der Waals surface area contributed by atoms with E-state index in [2.05, 4.69) is 32.2 Å². The van der Waals surface area contributed by atoms with Gasteiger partial charge in [0.2, 0.25) is 0 Å². The number of fused-ring (bicyclic) bond motifs is 1. The van der Waals surface area contributed by atoms with Crippen molar-refractivity contribution in [2.24, 2.45) is 0 Å². The Morgan fingerprint density at radius 1 is 1.28 bits per heavy atom. The number of ether oxygens (including phenoxy) is 1. The van der Waals surface area contributed by atoms with E-state index in [4.69, 9.17) is 4.74 Å². The van der Waals surface area contributed by atoms with Gasteiger partial charge in [-0.15, -0.1) is 0 Å². The standard InChI is InChI=1S/C21H26N6O2/c1-14(2)27-20-17(12-25-27)8-18(11-23-20)21(28)24-10-16-4-5-19(22-9-16)26-6-7-29-15(3)13-26/h4-5,8-9,11-12,14-15H,6-7,10,13H2,1-3H3,(H,24,28). The first kappa shape index (κ1) is 19.3. The number of nitrogens with zero attached hydrogens (tertiary/aromatic N) is 5. The molecule has 1 unspecified atom stereocenters. The van der Waals surface area contributed by atoms with E-state index in [0.29, 0.717) is 12.1 Å². The second-order valence-electron chi connectivity index (χ2n) is 7.65. The molecule has 0 aliphatic carbocycles. The Bertz CT molecular complexity index is 998. The van der Waals surface area contributed by atoms with Gasteiger partial charge >= 0.3 is 0 Å². The molecule has 0 spiro atoms. The number of aromatic nitrogens is 4. The first-order valence-electron chi connectivity index (χ1n) is 9.94. The molecule has 0 aromatic carbocycles. The van der Waals surface area contributed by atoms with Gasteiger partial charge in [0.15, 0.2) is 5.65 Å². The maximum Gasteiger partial charge on any atom is 0.253 e. The molecular formula is C21H26N6O2. The van der Waals surface area contributed by atoms with E-state index in [0.717, 1.165) is 42.1 Å². The normalized spacial score (nSPS) is 17.1. The molecule has 0 saturated carbocycles. The van der Waals surface area contributed by atoms with Gasteiger partial charge in [0.05, 0.1) is 24.5 Å². The van der Waals surface area contributed by atoms with Crippen LogP contribution in [0.1, 0.15) is 42.7 Å². The van der Waals surface area contributed by atoms with Gasteiger partial charge in [0.25, 0.3) is 5.91 Å². The van der Waals surface area contributed by atoms with Crippen molar-refractivity contribution in [2.75, 3.05) is 24.6 Å². The summed E-state index contributed by atoms with van der Waals surface area (Å²) in [6.45, 7) is 8.98. The fourth-order valence-electron chi connectivity index (χ4n) is 3.46. The van der Waals surface area contributed by atoms with Crippen molar-refractivity contribution in [1.82, 2.24) is 25.1 Å². The Kier molecular flexibility index (Phi) is 5.44. The lowest BCUT2D eigenvalue weighted by atomic mass is 10.2. The van der Waals surface area contributed by atoms with Gasteiger partial charge in [0.1, 0.15) is 5.82 Å². The van der Waals surface area contributed by atoms with Crippen LogP contribution in [0.25, 0.3) is 11.0 Å². The van der Waals surface area contributed by atoms with E-state index < -0.39 is 0 Å². The minimum absolute atomic E-state index is 0.164. The zero-order valence-electron chi connectivity index (χ0n) is 17.0. The maximum absolute atomic E-state index is 12.5. The number of pyridine rings is 2. The molecule has 3 aromatic heterocycles. The molecule has 0 bridgehead atoms. The number of amides is 1. The molecular weight excluding hydrogens is 368 g/mol. The van der Waals surface area contributed by atoms with Crippen LogP contribution in [0.3, 0.4) is 0 Å². The second-order valence-corrected chi connectivity index (χ2v) is 7.65. The summed E-state index contributed by atoms with van der Waals surface area (Å²) in [5, 5.41) is 8.14. The molecule has 8 nitrogen and oxygen atoms in total. The van der Waals surface area contributed by atoms with Crippen LogP contribution >= 0.6 is 0 Å². The Morgan fingerprint density at radius 3 is 2.86 bits per heavy atom. The number of nitrogens with one attached hydrogen (secondary N) is 1. The summed E-state index contributed by atoms with van der Waals surface area (Å²) in [4.78, 5) is 23.7. The van der Waals surface area contributed by atoms with Crippen molar-refractivity contribution in [2.45, 2.75) is 39.5 Å². The van der Waals surface area contributed by atoms with Crippen LogP contribution in [0, 0.1) is 0 Å². The predicted octanol–water partition coefficient (Wildman–Crippen LogP) is 2.56. The Hall–Kier alpha value is -3.00. The average Bonchev–Trinajstić information content (AvgIpc) is 3.16. The number of rotatable bonds is 5. The van der Waals surface area contributed by atoms with Crippen LogP contribution in [0.4, 0.5) is 5.82 Å². The largest absolute Gasteiger partial charge is 0.375 e. The molecule has 8 heteroatoms. The van der Waals surface area contributed by atoms with E-state index in [1.807, 2.05) is 42.9 Å². The van der Waals surface area contributed by atoms with Gasteiger partial charge in [-0.1, -0.05) is 6.07 Å². The molecule has 1 amide bonds. The van der Waals surface area contributed by atoms with Crippen LogP contribution in [-0.2, 0) is 11.3 Å². The van der Waals surface area contributed by atoms with Crippen LogP contribution in [0.2, 0.25) is 0 Å². The monoisotopic (exact) mass is 394 g/mol. The first-order chi connectivity index (χ1) is 14.0. The van der Waals surface area contributed by atoms with Gasteiger partial charge in [0, 0.05) is 43.5 Å². The van der Waals surface area contributed by atoms with Crippen molar-refractivity contribution >= 4 is 22.8 Å². The molecule has 1 N–H and O–H groups in total. The van der Waals surface area contributed by atoms with Crippen LogP contribution in [-0.4, -0.2) is 51.5 Å². The molecule has 4 rings (SSSR count). The van der Waals surface area contributed by atoms with E-state index in [-0.39, 0.29) is 18.1 Å². The highest BCUT2D eigenvalue weighted by molar-refractivity contribution is 5.96. The smallest absolute Gasteiger partial charge is 0.253 e. The number of carbonyl (C=O) groups is 1. The SMILES string of the molecule is CC1CN(c2ccc(CNC(=O)c3cnc4c(cnn4C(C)C)c3)cn2)CCO1. The fraction of sp³-hybridized carbons (Fsp3) is 0.429. The van der Waals surface area contributed by atoms with Crippen molar-refractivity contribution in [1.29, 1.82) is 0 Å². The maximum atomic E-state index is 12.5. The van der Waals surface area contributed by atoms with Gasteiger partial charge in [-0.2, -0.15) is 5.10 Å². The van der Waals surface area contributed by atoms with E-state index >= 15 is 0 Å². The quantitative estimate of drug-likeness (QED) is 0.716. The predicted molar refractivity (Wildman–Crippen MR) is 111 cm³/mol. The minimum atomic E-state index is -0.164. The third-order valence-corrected chi connectivity index (χ3v) is 5.01. The van der Waals surface area contributed by atoms with Crippen LogP contribution in [0.5, 0.6) is 0 Å². The summed E-state index contributed by atoms with van der Waals surface area (Å²) in [5.41, 5.74) is 2.26. The molecule has 152 valence electrons. The lowest BCUT2D eigenvalue weighted by Crippen LogP contribution is -2.41. The molecule has 3 aromatic rings. The summed E-state index contributed by atoms with van der Waals surface area (Å²) in [6, 6.07) is 6.03. The Morgan fingerprint density at radius 2 is 2.14 bits per heavy atom. The Labute approximate surface area is 169 Å². The van der Waals surface area contributed by atoms with Crippen LogP contribution < -0.4 is 10.2 Å². The van der Waals surface area contributed by atoms with Crippen molar-refractivity contribution < 1.29 is 9.53 Å². The number of hydrogen-bond donors (Lipinski definition) is 1. The summed E-state index contributed by atoms with van der Waals surface area (Å²) in [7, 11) is 0. The summed E-state index contributed by atoms with van der Waals surface area (Å²) >= 11 is 0. The summed E-state index contributed by atoms with van der Waals surface area (Å²) in [6.07, 6.45) is 5.36. The highest BCUT2D eigenvalue weighted by atomic mass is 16.5. The molecule has 0 radical (unpaired) electrons.